The molecule has 0 radical (unpaired) electrons. The molecular formula is C25H27N3O2. The van der Waals surface area contributed by atoms with E-state index in [1.54, 1.807) is 18.3 Å². The molecular weight excluding hydrogens is 374 g/mol. The summed E-state index contributed by atoms with van der Waals surface area (Å²) in [5, 5.41) is 4.08. The molecule has 1 amide bonds. The molecule has 0 aliphatic rings. The number of carbonyl (C=O) groups excluding carboxylic acids is 1. The first-order valence-corrected chi connectivity index (χ1v) is 9.85. The van der Waals surface area contributed by atoms with E-state index < -0.39 is 0 Å². The molecule has 0 saturated heterocycles. The second-order valence-corrected chi connectivity index (χ2v) is 7.30. The number of hydrazone groups is 1. The van der Waals surface area contributed by atoms with Gasteiger partial charge in [0, 0.05) is 25.3 Å². The third kappa shape index (κ3) is 6.03. The van der Waals surface area contributed by atoms with E-state index >= 15 is 0 Å². The van der Waals surface area contributed by atoms with Gasteiger partial charge in [0.2, 0.25) is 0 Å². The third-order valence-corrected chi connectivity index (χ3v) is 4.76. The Hall–Kier alpha value is -3.44. The Kier molecular flexibility index (Phi) is 7.35. The van der Waals surface area contributed by atoms with Crippen molar-refractivity contribution in [1.29, 1.82) is 0 Å². The number of hydrogen-bond acceptors (Lipinski definition) is 4. The third-order valence-electron chi connectivity index (χ3n) is 4.76. The van der Waals surface area contributed by atoms with E-state index in [9.17, 15) is 4.79 Å². The first-order valence-electron chi connectivity index (χ1n) is 9.85. The summed E-state index contributed by atoms with van der Waals surface area (Å²) in [5.74, 6) is -0.241. The highest BCUT2D eigenvalue weighted by Crippen LogP contribution is 2.13. The average Bonchev–Trinajstić information content (AvgIpc) is 2.75. The highest BCUT2D eigenvalue weighted by Gasteiger charge is 2.04. The Bertz CT molecular complexity index is 1010. The average molecular weight is 402 g/mol. The van der Waals surface area contributed by atoms with Crippen molar-refractivity contribution in [3.8, 4) is 0 Å². The Labute approximate surface area is 178 Å². The van der Waals surface area contributed by atoms with E-state index in [1.165, 1.54) is 11.1 Å². The van der Waals surface area contributed by atoms with Crippen molar-refractivity contribution in [1.82, 2.24) is 5.43 Å². The first kappa shape index (κ1) is 21.3. The normalized spacial score (nSPS) is 10.9. The molecule has 0 atom stereocenters. The second-order valence-electron chi connectivity index (χ2n) is 7.30. The van der Waals surface area contributed by atoms with Crippen molar-refractivity contribution in [3.63, 3.8) is 0 Å². The minimum Gasteiger partial charge on any atom is -0.378 e. The van der Waals surface area contributed by atoms with Gasteiger partial charge in [-0.25, -0.2) is 5.43 Å². The smallest absolute Gasteiger partial charge is 0.271 e. The molecule has 3 aromatic carbocycles. The van der Waals surface area contributed by atoms with Gasteiger partial charge >= 0.3 is 0 Å². The molecule has 1 N–H and O–H groups in total. The van der Waals surface area contributed by atoms with Crippen LogP contribution in [0.4, 0.5) is 5.69 Å². The van der Waals surface area contributed by atoms with Crippen LogP contribution in [0.15, 0.2) is 77.9 Å². The maximum Gasteiger partial charge on any atom is 0.271 e. The lowest BCUT2D eigenvalue weighted by molar-refractivity contribution is 0.0955. The number of aryl methyl sites for hydroxylation is 1. The predicted molar refractivity (Wildman–Crippen MR) is 122 cm³/mol. The fraction of sp³-hybridized carbons (Fsp3) is 0.200. The van der Waals surface area contributed by atoms with Crippen LogP contribution < -0.4 is 10.3 Å². The van der Waals surface area contributed by atoms with Gasteiger partial charge in [-0.1, -0.05) is 42.5 Å². The van der Waals surface area contributed by atoms with E-state index in [2.05, 4.69) is 29.6 Å². The van der Waals surface area contributed by atoms with Gasteiger partial charge in [0.25, 0.3) is 5.91 Å². The van der Waals surface area contributed by atoms with Gasteiger partial charge in [0.1, 0.15) is 0 Å². The lowest BCUT2D eigenvalue weighted by atomic mass is 10.1. The zero-order valence-electron chi connectivity index (χ0n) is 17.6. The van der Waals surface area contributed by atoms with Crippen molar-refractivity contribution in [3.05, 3.63) is 101 Å². The number of nitrogens with zero attached hydrogens (tertiary/aromatic N) is 2. The van der Waals surface area contributed by atoms with Crippen LogP contribution in [0.3, 0.4) is 0 Å². The van der Waals surface area contributed by atoms with Gasteiger partial charge in [-0.05, 0) is 59.5 Å². The van der Waals surface area contributed by atoms with Gasteiger partial charge in [0.15, 0.2) is 0 Å². The predicted octanol–water partition coefficient (Wildman–Crippen LogP) is 4.54. The lowest BCUT2D eigenvalue weighted by Crippen LogP contribution is -2.18. The van der Waals surface area contributed by atoms with Crippen LogP contribution in [0.25, 0.3) is 0 Å². The number of amides is 1. The van der Waals surface area contributed by atoms with Crippen LogP contribution in [-0.2, 0) is 18.0 Å². The maximum absolute atomic E-state index is 12.2. The molecule has 0 unspecified atom stereocenters. The van der Waals surface area contributed by atoms with Crippen LogP contribution in [0, 0.1) is 6.92 Å². The molecule has 0 spiro atoms. The summed E-state index contributed by atoms with van der Waals surface area (Å²) in [7, 11) is 3.92. The molecule has 5 heteroatoms. The van der Waals surface area contributed by atoms with E-state index in [4.69, 9.17) is 4.74 Å². The van der Waals surface area contributed by atoms with E-state index in [0.717, 1.165) is 16.8 Å². The van der Waals surface area contributed by atoms with Crippen LogP contribution >= 0.6 is 0 Å². The van der Waals surface area contributed by atoms with Crippen molar-refractivity contribution >= 4 is 17.8 Å². The Morgan fingerprint density at radius 3 is 2.50 bits per heavy atom. The Morgan fingerprint density at radius 1 is 1.00 bits per heavy atom. The number of nitrogens with one attached hydrogen (secondary N) is 1. The Morgan fingerprint density at radius 2 is 1.77 bits per heavy atom. The highest BCUT2D eigenvalue weighted by molar-refractivity contribution is 5.95. The molecule has 0 aromatic heterocycles. The standard InChI is InChI=1S/C25H27N3O2/c1-19-7-4-5-10-23(19)18-30-17-21-9-6-8-20(15-21)16-26-27-25(29)22-11-13-24(14-12-22)28(2)3/h4-16H,17-18H2,1-3H3,(H,27,29)/b26-16+. The number of carbonyl (C=O) groups is 1. The molecule has 5 nitrogen and oxygen atoms in total. The van der Waals surface area contributed by atoms with E-state index in [0.29, 0.717) is 18.8 Å². The second kappa shape index (κ2) is 10.4. The fourth-order valence-electron chi connectivity index (χ4n) is 2.96. The summed E-state index contributed by atoms with van der Waals surface area (Å²) in [6.07, 6.45) is 1.64. The lowest BCUT2D eigenvalue weighted by Gasteiger charge is -2.12. The molecule has 0 aliphatic heterocycles. The summed E-state index contributed by atoms with van der Waals surface area (Å²) in [5.41, 5.74) is 8.55. The topological polar surface area (TPSA) is 53.9 Å². The first-order chi connectivity index (χ1) is 14.5. The monoisotopic (exact) mass is 401 g/mol. The van der Waals surface area contributed by atoms with E-state index in [-0.39, 0.29) is 5.91 Å². The van der Waals surface area contributed by atoms with Crippen molar-refractivity contribution in [2.24, 2.45) is 5.10 Å². The maximum atomic E-state index is 12.2. The summed E-state index contributed by atoms with van der Waals surface area (Å²) in [6, 6.07) is 23.5. The molecule has 0 saturated carbocycles. The van der Waals surface area contributed by atoms with Gasteiger partial charge in [-0.2, -0.15) is 5.10 Å². The fourth-order valence-corrected chi connectivity index (χ4v) is 2.96. The minimum atomic E-state index is -0.241. The zero-order chi connectivity index (χ0) is 21.3. The largest absolute Gasteiger partial charge is 0.378 e. The summed E-state index contributed by atoms with van der Waals surface area (Å²) < 4.78 is 5.85. The highest BCUT2D eigenvalue weighted by atomic mass is 16.5. The summed E-state index contributed by atoms with van der Waals surface area (Å²) >= 11 is 0. The summed E-state index contributed by atoms with van der Waals surface area (Å²) in [4.78, 5) is 14.2. The number of benzene rings is 3. The number of rotatable bonds is 8. The SMILES string of the molecule is Cc1ccccc1COCc1cccc(/C=N/NC(=O)c2ccc(N(C)C)cc2)c1. The molecule has 0 aliphatic carbocycles. The van der Waals surface area contributed by atoms with Crippen LogP contribution in [0.1, 0.15) is 32.6 Å². The molecule has 0 fully saturated rings. The van der Waals surface area contributed by atoms with E-state index in [1.807, 2.05) is 67.5 Å². The minimum absolute atomic E-state index is 0.241. The molecule has 154 valence electrons. The molecule has 0 bridgehead atoms. The molecule has 3 rings (SSSR count). The van der Waals surface area contributed by atoms with Crippen molar-refractivity contribution < 1.29 is 9.53 Å². The molecule has 0 heterocycles. The van der Waals surface area contributed by atoms with Crippen LogP contribution in [0.2, 0.25) is 0 Å². The molecule has 3 aromatic rings. The molecule has 30 heavy (non-hydrogen) atoms. The van der Waals surface area contributed by atoms with Crippen molar-refractivity contribution in [2.75, 3.05) is 19.0 Å². The summed E-state index contributed by atoms with van der Waals surface area (Å²) in [6.45, 7) is 3.18. The van der Waals surface area contributed by atoms with Crippen LogP contribution in [0.5, 0.6) is 0 Å². The number of anilines is 1. The van der Waals surface area contributed by atoms with Gasteiger partial charge in [0.05, 0.1) is 19.4 Å². The van der Waals surface area contributed by atoms with Gasteiger partial charge in [-0.15, -0.1) is 0 Å². The van der Waals surface area contributed by atoms with Crippen LogP contribution in [-0.4, -0.2) is 26.2 Å². The quantitative estimate of drug-likeness (QED) is 0.445. The van der Waals surface area contributed by atoms with Gasteiger partial charge < -0.3 is 9.64 Å². The van der Waals surface area contributed by atoms with Gasteiger partial charge in [-0.3, -0.25) is 4.79 Å². The number of ether oxygens (including phenoxy) is 1. The zero-order valence-corrected chi connectivity index (χ0v) is 17.6. The Balaban J connectivity index is 1.52. The van der Waals surface area contributed by atoms with Crippen molar-refractivity contribution in [2.45, 2.75) is 20.1 Å². The number of hydrogen-bond donors (Lipinski definition) is 1.